The van der Waals surface area contributed by atoms with Crippen molar-refractivity contribution in [1.82, 2.24) is 5.32 Å². The summed E-state index contributed by atoms with van der Waals surface area (Å²) < 4.78 is 0. The summed E-state index contributed by atoms with van der Waals surface area (Å²) in [4.78, 5) is 22.3. The van der Waals surface area contributed by atoms with Gasteiger partial charge in [-0.15, -0.1) is 0 Å². The Labute approximate surface area is 111 Å². The molecule has 17 heavy (non-hydrogen) atoms. The van der Waals surface area contributed by atoms with Crippen molar-refractivity contribution in [3.8, 4) is 0 Å². The second-order valence-electron chi connectivity index (χ2n) is 3.45. The first-order valence-electron chi connectivity index (χ1n) is 5.21. The van der Waals surface area contributed by atoms with Crippen molar-refractivity contribution in [1.29, 1.82) is 0 Å². The summed E-state index contributed by atoms with van der Waals surface area (Å²) >= 11 is 4.36. The molecule has 0 saturated carbocycles. The maximum Gasteiger partial charge on any atom is 0.324 e. The van der Waals surface area contributed by atoms with Crippen molar-refractivity contribution in [2.75, 3.05) is 6.54 Å². The number of amides is 1. The van der Waals surface area contributed by atoms with E-state index in [1.165, 1.54) is 12.1 Å². The van der Waals surface area contributed by atoms with Gasteiger partial charge in [-0.3, -0.25) is 14.9 Å². The van der Waals surface area contributed by atoms with E-state index < -0.39 is 4.92 Å². The average molecular weight is 321 g/mol. The van der Waals surface area contributed by atoms with Crippen LogP contribution in [-0.2, 0) is 0 Å². The molecule has 0 saturated heterocycles. The van der Waals surface area contributed by atoms with E-state index in [4.69, 9.17) is 0 Å². The summed E-state index contributed by atoms with van der Waals surface area (Å²) in [7, 11) is 0. The largest absolute Gasteiger partial charge is 0.351 e. The maximum atomic E-state index is 11.6. The lowest BCUT2D eigenvalue weighted by molar-refractivity contribution is -0.380. The molecule has 1 aromatic rings. The smallest absolute Gasteiger partial charge is 0.324 e. The van der Waals surface area contributed by atoms with Crippen LogP contribution in [0.3, 0.4) is 0 Å². The summed E-state index contributed by atoms with van der Waals surface area (Å²) in [6, 6.07) is 2.82. The van der Waals surface area contributed by atoms with Gasteiger partial charge in [-0.05, 0) is 18.9 Å². The number of halogens is 1. The van der Waals surface area contributed by atoms with Crippen LogP contribution in [0.4, 0.5) is 5.00 Å². The van der Waals surface area contributed by atoms with E-state index in [2.05, 4.69) is 28.2 Å². The third-order valence-electron chi connectivity index (χ3n) is 2.18. The molecule has 0 spiro atoms. The van der Waals surface area contributed by atoms with Gasteiger partial charge in [-0.2, -0.15) is 0 Å². The van der Waals surface area contributed by atoms with Crippen molar-refractivity contribution in [2.24, 2.45) is 0 Å². The molecular weight excluding hydrogens is 308 g/mol. The first-order chi connectivity index (χ1) is 8.04. The quantitative estimate of drug-likeness (QED) is 0.497. The molecule has 1 aromatic heterocycles. The third kappa shape index (κ3) is 4.43. The summed E-state index contributed by atoms with van der Waals surface area (Å²) in [6.45, 7) is 2.62. The monoisotopic (exact) mass is 320 g/mol. The van der Waals surface area contributed by atoms with Crippen LogP contribution in [0.25, 0.3) is 0 Å². The van der Waals surface area contributed by atoms with Gasteiger partial charge >= 0.3 is 5.00 Å². The van der Waals surface area contributed by atoms with E-state index in [1.54, 1.807) is 0 Å². The first kappa shape index (κ1) is 14.1. The number of carbonyl (C=O) groups excluding carboxylic acids is 1. The number of rotatable bonds is 6. The topological polar surface area (TPSA) is 72.2 Å². The van der Waals surface area contributed by atoms with E-state index >= 15 is 0 Å². The summed E-state index contributed by atoms with van der Waals surface area (Å²) in [5.74, 6) is -0.251. The lowest BCUT2D eigenvalue weighted by Crippen LogP contribution is -2.25. The maximum absolute atomic E-state index is 11.6. The summed E-state index contributed by atoms with van der Waals surface area (Å²) in [6.07, 6.45) is 1.84. The summed E-state index contributed by atoms with van der Waals surface area (Å²) in [5.41, 5.74) is 0. The molecule has 1 N–H and O–H groups in total. The number of thiophene rings is 1. The molecule has 0 aliphatic rings. The van der Waals surface area contributed by atoms with E-state index in [1.807, 2.05) is 0 Å². The zero-order valence-corrected chi connectivity index (χ0v) is 11.7. The number of alkyl halides is 1. The molecule has 0 fully saturated rings. The van der Waals surface area contributed by atoms with Gasteiger partial charge in [0.2, 0.25) is 0 Å². The number of nitro groups is 1. The lowest BCUT2D eigenvalue weighted by Gasteiger charge is -2.06. The molecule has 1 atom stereocenters. The second-order valence-corrected chi connectivity index (χ2v) is 5.80. The van der Waals surface area contributed by atoms with Crippen molar-refractivity contribution < 1.29 is 9.72 Å². The van der Waals surface area contributed by atoms with Crippen LogP contribution in [0.1, 0.15) is 29.4 Å². The van der Waals surface area contributed by atoms with Crippen molar-refractivity contribution in [3.63, 3.8) is 0 Å². The Kier molecular flexibility index (Phi) is 5.57. The Morgan fingerprint density at radius 1 is 1.65 bits per heavy atom. The predicted octanol–water partition coefficient (Wildman–Crippen LogP) is 2.95. The fraction of sp³-hybridized carbons (Fsp3) is 0.500. The zero-order chi connectivity index (χ0) is 12.8. The van der Waals surface area contributed by atoms with Gasteiger partial charge in [0, 0.05) is 17.4 Å². The molecule has 0 aliphatic carbocycles. The van der Waals surface area contributed by atoms with E-state index in [0.717, 1.165) is 24.2 Å². The van der Waals surface area contributed by atoms with Crippen molar-refractivity contribution in [2.45, 2.75) is 24.6 Å². The average Bonchev–Trinajstić information content (AvgIpc) is 2.78. The molecule has 0 aromatic carbocycles. The first-order valence-corrected chi connectivity index (χ1v) is 6.94. The van der Waals surface area contributed by atoms with E-state index in [0.29, 0.717) is 16.2 Å². The van der Waals surface area contributed by atoms with Crippen LogP contribution in [0, 0.1) is 10.1 Å². The molecule has 7 heteroatoms. The van der Waals surface area contributed by atoms with Crippen LogP contribution in [0.5, 0.6) is 0 Å². The van der Waals surface area contributed by atoms with Crippen LogP contribution >= 0.6 is 27.3 Å². The van der Waals surface area contributed by atoms with Crippen LogP contribution < -0.4 is 5.32 Å². The van der Waals surface area contributed by atoms with Gasteiger partial charge in [-0.25, -0.2) is 0 Å². The molecule has 1 rings (SSSR count). The minimum Gasteiger partial charge on any atom is -0.351 e. The molecule has 1 unspecified atom stereocenters. The van der Waals surface area contributed by atoms with E-state index in [9.17, 15) is 14.9 Å². The van der Waals surface area contributed by atoms with Crippen LogP contribution in [0.15, 0.2) is 12.1 Å². The molecule has 0 aliphatic heterocycles. The fourth-order valence-corrected chi connectivity index (χ4v) is 2.15. The molecular formula is C10H13BrN2O3S. The standard InChI is InChI=1S/C10H13BrN2O3S/c1-2-7(11)5-6-12-10(14)8-3-4-9(17-8)13(15)16/h3-4,7H,2,5-6H2,1H3,(H,12,14). The molecule has 94 valence electrons. The molecule has 0 radical (unpaired) electrons. The normalized spacial score (nSPS) is 12.1. The van der Waals surface area contributed by atoms with Gasteiger partial charge in [0.05, 0.1) is 9.80 Å². The second kappa shape index (κ2) is 6.70. The Morgan fingerprint density at radius 2 is 2.35 bits per heavy atom. The third-order valence-corrected chi connectivity index (χ3v) is 4.32. The lowest BCUT2D eigenvalue weighted by atomic mass is 10.2. The van der Waals surface area contributed by atoms with Crippen molar-refractivity contribution >= 4 is 38.2 Å². The fourth-order valence-electron chi connectivity index (χ4n) is 1.18. The highest BCUT2D eigenvalue weighted by molar-refractivity contribution is 9.09. The van der Waals surface area contributed by atoms with Gasteiger partial charge in [0.25, 0.3) is 5.91 Å². The highest BCUT2D eigenvalue weighted by atomic mass is 79.9. The molecule has 0 bridgehead atoms. The number of hydrogen-bond donors (Lipinski definition) is 1. The van der Waals surface area contributed by atoms with Gasteiger partial charge in [0.1, 0.15) is 0 Å². The van der Waals surface area contributed by atoms with Crippen LogP contribution in [-0.4, -0.2) is 22.2 Å². The predicted molar refractivity (Wildman–Crippen MR) is 70.9 cm³/mol. The zero-order valence-electron chi connectivity index (χ0n) is 9.31. The Balaban J connectivity index is 2.44. The Bertz CT molecular complexity index is 408. The van der Waals surface area contributed by atoms with Gasteiger partial charge in [-0.1, -0.05) is 34.2 Å². The SMILES string of the molecule is CCC(Br)CCNC(=O)c1ccc([N+](=O)[O-])s1. The van der Waals surface area contributed by atoms with Gasteiger partial charge < -0.3 is 5.32 Å². The number of carbonyl (C=O) groups is 1. The molecule has 1 heterocycles. The van der Waals surface area contributed by atoms with Gasteiger partial charge in [0.15, 0.2) is 0 Å². The van der Waals surface area contributed by atoms with E-state index in [-0.39, 0.29) is 10.9 Å². The number of nitrogens with one attached hydrogen (secondary N) is 1. The molecule has 5 nitrogen and oxygen atoms in total. The highest BCUT2D eigenvalue weighted by Crippen LogP contribution is 2.23. The van der Waals surface area contributed by atoms with Crippen LogP contribution in [0.2, 0.25) is 0 Å². The highest BCUT2D eigenvalue weighted by Gasteiger charge is 2.14. The Hall–Kier alpha value is -0.950. The molecule has 1 amide bonds. The summed E-state index contributed by atoms with van der Waals surface area (Å²) in [5, 5.41) is 13.2. The minimum absolute atomic E-state index is 0.0120. The number of hydrogen-bond acceptors (Lipinski definition) is 4. The minimum atomic E-state index is -0.493. The number of nitrogens with zero attached hydrogens (tertiary/aromatic N) is 1. The van der Waals surface area contributed by atoms with Crippen molar-refractivity contribution in [3.05, 3.63) is 27.1 Å². The Morgan fingerprint density at radius 3 is 2.88 bits per heavy atom.